The number of hydrogen-bond acceptors (Lipinski definition) is 1. The van der Waals surface area contributed by atoms with Crippen molar-refractivity contribution >= 4 is 21.9 Å². The Kier molecular flexibility index (Phi) is 4.56. The van der Waals surface area contributed by atoms with Crippen molar-refractivity contribution in [3.8, 4) is 6.07 Å². The number of nitriles is 1. The van der Waals surface area contributed by atoms with Crippen LogP contribution in [-0.4, -0.2) is 0 Å². The Hall–Kier alpha value is -3.63. The van der Waals surface area contributed by atoms with Crippen LogP contribution in [-0.2, 0) is 0 Å². The van der Waals surface area contributed by atoms with Gasteiger partial charge in [-0.25, -0.2) is 0 Å². The quantitative estimate of drug-likeness (QED) is 0.302. The lowest BCUT2D eigenvalue weighted by molar-refractivity contribution is 1.44. The summed E-state index contributed by atoms with van der Waals surface area (Å²) in [6, 6.07) is 35.4. The van der Waals surface area contributed by atoms with E-state index in [0.717, 1.165) is 33.0 Å². The molecule has 0 aliphatic rings. The van der Waals surface area contributed by atoms with E-state index >= 15 is 0 Å². The van der Waals surface area contributed by atoms with E-state index in [1.165, 1.54) is 5.56 Å². The first-order valence-electron chi connectivity index (χ1n) is 9.03. The first-order chi connectivity index (χ1) is 13.3. The second kappa shape index (κ2) is 7.32. The summed E-state index contributed by atoms with van der Waals surface area (Å²) in [5.74, 6) is 0. The number of rotatable bonds is 3. The molecular weight excluding hydrogens is 326 g/mol. The average molecular weight is 345 g/mol. The molecule has 0 bridgehead atoms. The summed E-state index contributed by atoms with van der Waals surface area (Å²) in [4.78, 5) is 0. The Balaban J connectivity index is 2.07. The number of fused-ring (bicyclic) bond motifs is 1. The Morgan fingerprint density at radius 2 is 1.30 bits per heavy atom. The third-order valence-electron chi connectivity index (χ3n) is 4.82. The van der Waals surface area contributed by atoms with Crippen LogP contribution in [0.15, 0.2) is 97.1 Å². The van der Waals surface area contributed by atoms with Gasteiger partial charge in [-0.05, 0) is 28.8 Å². The van der Waals surface area contributed by atoms with Gasteiger partial charge in [0.15, 0.2) is 0 Å². The minimum absolute atomic E-state index is 0.696. The molecule has 27 heavy (non-hydrogen) atoms. The van der Waals surface area contributed by atoms with Gasteiger partial charge in [-0.1, -0.05) is 103 Å². The molecule has 0 fully saturated rings. The van der Waals surface area contributed by atoms with Crippen molar-refractivity contribution in [2.45, 2.75) is 6.92 Å². The van der Waals surface area contributed by atoms with Crippen LogP contribution < -0.4 is 0 Å². The molecule has 0 unspecified atom stereocenters. The fourth-order valence-corrected chi connectivity index (χ4v) is 3.47. The highest BCUT2D eigenvalue weighted by Gasteiger charge is 2.15. The van der Waals surface area contributed by atoms with Crippen LogP contribution in [0, 0.1) is 18.3 Å². The van der Waals surface area contributed by atoms with Gasteiger partial charge < -0.3 is 0 Å². The van der Waals surface area contributed by atoms with Gasteiger partial charge in [0.1, 0.15) is 6.07 Å². The van der Waals surface area contributed by atoms with Crippen LogP contribution >= 0.6 is 0 Å². The maximum atomic E-state index is 10.2. The van der Waals surface area contributed by atoms with Gasteiger partial charge in [-0.3, -0.25) is 0 Å². The summed E-state index contributed by atoms with van der Waals surface area (Å²) in [5.41, 5.74) is 5.93. The fourth-order valence-electron chi connectivity index (χ4n) is 3.47. The largest absolute Gasteiger partial charge is 0.192 e. The van der Waals surface area contributed by atoms with Gasteiger partial charge in [0.05, 0.1) is 5.57 Å². The van der Waals surface area contributed by atoms with Crippen LogP contribution in [0.5, 0.6) is 0 Å². The lowest BCUT2D eigenvalue weighted by atomic mass is 9.88. The van der Waals surface area contributed by atoms with Gasteiger partial charge >= 0.3 is 0 Å². The molecule has 0 amide bonds. The molecular formula is C26H19N. The zero-order chi connectivity index (χ0) is 18.6. The summed E-state index contributed by atoms with van der Waals surface area (Å²) in [7, 11) is 0. The van der Waals surface area contributed by atoms with E-state index in [2.05, 4.69) is 67.6 Å². The molecule has 0 saturated carbocycles. The van der Waals surface area contributed by atoms with E-state index in [4.69, 9.17) is 0 Å². The van der Waals surface area contributed by atoms with Gasteiger partial charge in [0.2, 0.25) is 0 Å². The zero-order valence-electron chi connectivity index (χ0n) is 15.2. The average Bonchev–Trinajstić information content (AvgIpc) is 2.73. The van der Waals surface area contributed by atoms with Gasteiger partial charge in [0.25, 0.3) is 0 Å². The van der Waals surface area contributed by atoms with Gasteiger partial charge in [-0.15, -0.1) is 0 Å². The molecule has 0 spiro atoms. The third kappa shape index (κ3) is 3.26. The first kappa shape index (κ1) is 16.8. The summed E-state index contributed by atoms with van der Waals surface area (Å²) in [6.07, 6.45) is 0. The van der Waals surface area contributed by atoms with Crippen LogP contribution in [0.3, 0.4) is 0 Å². The molecule has 0 aliphatic heterocycles. The van der Waals surface area contributed by atoms with Crippen LogP contribution in [0.1, 0.15) is 22.3 Å². The van der Waals surface area contributed by atoms with E-state index in [9.17, 15) is 5.26 Å². The predicted molar refractivity (Wildman–Crippen MR) is 113 cm³/mol. The fraction of sp³-hybridized carbons (Fsp3) is 0.0385. The molecule has 0 heterocycles. The lowest BCUT2D eigenvalue weighted by Crippen LogP contribution is -1.95. The van der Waals surface area contributed by atoms with E-state index in [0.29, 0.717) is 5.57 Å². The predicted octanol–water partition coefficient (Wildman–Crippen LogP) is 6.63. The van der Waals surface area contributed by atoms with E-state index in [-0.39, 0.29) is 0 Å². The number of aryl methyl sites for hydroxylation is 1. The highest BCUT2D eigenvalue weighted by molar-refractivity contribution is 6.09. The molecule has 0 aliphatic carbocycles. The zero-order valence-corrected chi connectivity index (χ0v) is 15.2. The van der Waals surface area contributed by atoms with Crippen molar-refractivity contribution in [2.24, 2.45) is 0 Å². The van der Waals surface area contributed by atoms with Crippen molar-refractivity contribution in [2.75, 3.05) is 0 Å². The van der Waals surface area contributed by atoms with Crippen molar-refractivity contribution in [3.05, 3.63) is 119 Å². The Morgan fingerprint density at radius 1 is 0.667 bits per heavy atom. The van der Waals surface area contributed by atoms with Crippen LogP contribution in [0.2, 0.25) is 0 Å². The topological polar surface area (TPSA) is 23.8 Å². The molecule has 0 saturated heterocycles. The Morgan fingerprint density at radius 3 is 2.04 bits per heavy atom. The Labute approximate surface area is 159 Å². The highest BCUT2D eigenvalue weighted by Crippen LogP contribution is 2.35. The van der Waals surface area contributed by atoms with Crippen LogP contribution in [0.4, 0.5) is 0 Å². The molecule has 0 N–H and O–H groups in total. The molecule has 4 aromatic carbocycles. The minimum Gasteiger partial charge on any atom is -0.192 e. The molecule has 0 radical (unpaired) electrons. The van der Waals surface area contributed by atoms with Crippen molar-refractivity contribution in [1.29, 1.82) is 5.26 Å². The summed E-state index contributed by atoms with van der Waals surface area (Å²) < 4.78 is 0. The normalized spacial score (nSPS) is 11.7. The molecule has 0 atom stereocenters. The lowest BCUT2D eigenvalue weighted by Gasteiger charge is -2.14. The maximum absolute atomic E-state index is 10.2. The van der Waals surface area contributed by atoms with E-state index in [1.54, 1.807) is 0 Å². The number of allylic oxidation sites excluding steroid dienone is 1. The van der Waals surface area contributed by atoms with Crippen molar-refractivity contribution < 1.29 is 0 Å². The standard InChI is InChI=1S/C26H19N/c1-19-14-16-22(17-15-19)26(21-9-3-2-4-10-21)25(18-27)24-13-7-11-20-8-5-6-12-23(20)24/h2-17H,1H3/b26-25+. The molecule has 1 nitrogen and oxygen atoms in total. The van der Waals surface area contributed by atoms with Gasteiger partial charge in [0, 0.05) is 11.1 Å². The maximum Gasteiger partial charge on any atom is 0.100 e. The number of benzene rings is 4. The molecule has 1 heteroatoms. The minimum atomic E-state index is 0.696. The third-order valence-corrected chi connectivity index (χ3v) is 4.82. The molecule has 0 aromatic heterocycles. The second-order valence-corrected chi connectivity index (χ2v) is 6.62. The second-order valence-electron chi connectivity index (χ2n) is 6.62. The number of hydrogen-bond donors (Lipinski definition) is 0. The summed E-state index contributed by atoms with van der Waals surface area (Å²) in [6.45, 7) is 2.07. The summed E-state index contributed by atoms with van der Waals surface area (Å²) >= 11 is 0. The van der Waals surface area contributed by atoms with E-state index in [1.807, 2.05) is 42.5 Å². The smallest absolute Gasteiger partial charge is 0.100 e. The van der Waals surface area contributed by atoms with Crippen molar-refractivity contribution in [3.63, 3.8) is 0 Å². The molecule has 128 valence electrons. The van der Waals surface area contributed by atoms with Gasteiger partial charge in [-0.2, -0.15) is 5.26 Å². The summed E-state index contributed by atoms with van der Waals surface area (Å²) in [5, 5.41) is 12.4. The first-order valence-corrected chi connectivity index (χ1v) is 9.03. The van der Waals surface area contributed by atoms with Crippen LogP contribution in [0.25, 0.3) is 21.9 Å². The Bertz CT molecular complexity index is 1150. The van der Waals surface area contributed by atoms with E-state index < -0.39 is 0 Å². The SMILES string of the molecule is Cc1ccc(/C(=C(\C#N)c2cccc3ccccc23)c2ccccc2)cc1. The molecule has 4 aromatic rings. The van der Waals surface area contributed by atoms with Crippen molar-refractivity contribution in [1.82, 2.24) is 0 Å². The molecule has 4 rings (SSSR count). The highest BCUT2D eigenvalue weighted by atomic mass is 14.3. The monoisotopic (exact) mass is 345 g/mol. The number of nitrogens with zero attached hydrogens (tertiary/aromatic N) is 1.